The van der Waals surface area contributed by atoms with E-state index in [-0.39, 0.29) is 12.5 Å². The number of anilines is 2. The molecule has 2 atom stereocenters. The quantitative estimate of drug-likeness (QED) is 0.727. The zero-order valence-corrected chi connectivity index (χ0v) is 17.8. The van der Waals surface area contributed by atoms with Crippen LogP contribution in [0.5, 0.6) is 0 Å². The molecule has 3 amide bonds. The Hall–Kier alpha value is -3.55. The lowest BCUT2D eigenvalue weighted by Gasteiger charge is -2.20. The van der Waals surface area contributed by atoms with Crippen molar-refractivity contribution in [1.29, 1.82) is 0 Å². The van der Waals surface area contributed by atoms with E-state index in [0.717, 1.165) is 16.9 Å². The molecule has 0 bridgehead atoms. The van der Waals surface area contributed by atoms with Crippen molar-refractivity contribution in [2.75, 3.05) is 16.8 Å². The van der Waals surface area contributed by atoms with Gasteiger partial charge in [-0.1, -0.05) is 50.3 Å². The Morgan fingerprint density at radius 1 is 1.03 bits per heavy atom. The van der Waals surface area contributed by atoms with Gasteiger partial charge in [-0.05, 0) is 47.7 Å². The average Bonchev–Trinajstić information content (AvgIpc) is 3.28. The summed E-state index contributed by atoms with van der Waals surface area (Å²) < 4.78 is 0. The van der Waals surface area contributed by atoms with Crippen LogP contribution in [0.3, 0.4) is 0 Å². The summed E-state index contributed by atoms with van der Waals surface area (Å²) in [4.78, 5) is 39.5. The molecule has 2 aliphatic heterocycles. The number of carbonyl (C=O) groups excluding carboxylic acids is 3. The summed E-state index contributed by atoms with van der Waals surface area (Å²) in [6.45, 7) is 6.07. The molecule has 0 radical (unpaired) electrons. The molecule has 2 aliphatic rings. The molecule has 1 saturated heterocycles. The monoisotopic (exact) mass is 419 g/mol. The summed E-state index contributed by atoms with van der Waals surface area (Å²) in [5, 5.41) is 12.0. The normalized spacial score (nSPS) is 20.0. The molecule has 0 unspecified atom stereocenters. The number of fused-ring (bicyclic) bond motifs is 1. The number of nitrogens with zero attached hydrogens (tertiary/aromatic N) is 4. The Morgan fingerprint density at radius 3 is 2.32 bits per heavy atom. The molecule has 2 aromatic carbocycles. The van der Waals surface area contributed by atoms with E-state index in [1.54, 1.807) is 12.1 Å². The highest BCUT2D eigenvalue weighted by atomic mass is 16.2. The van der Waals surface area contributed by atoms with Gasteiger partial charge < -0.3 is 5.32 Å². The standard InChI is InChI=1S/C23H25N5O3/c1-4-15-5-11-18(12-6-15)28-22(30)20-21(23(28)31)27(26-25-20)13-19(29)24-17-9-7-16(8-10-17)14(2)3/h5-12,14,20-21H,4,13H2,1-3H3,(H,24,29)/t20-,21+/m0/s1. The summed E-state index contributed by atoms with van der Waals surface area (Å²) >= 11 is 0. The Kier molecular flexibility index (Phi) is 5.54. The van der Waals surface area contributed by atoms with E-state index in [0.29, 0.717) is 17.3 Å². The molecule has 2 aromatic rings. The maximum Gasteiger partial charge on any atom is 0.263 e. The van der Waals surface area contributed by atoms with Crippen LogP contribution in [0.15, 0.2) is 58.9 Å². The molecule has 1 fully saturated rings. The third-order valence-corrected chi connectivity index (χ3v) is 5.63. The molecule has 0 spiro atoms. The summed E-state index contributed by atoms with van der Waals surface area (Å²) in [5.41, 5.74) is 3.46. The predicted molar refractivity (Wildman–Crippen MR) is 117 cm³/mol. The van der Waals surface area contributed by atoms with E-state index in [1.807, 2.05) is 43.3 Å². The number of aryl methyl sites for hydroxylation is 1. The first-order valence-corrected chi connectivity index (χ1v) is 10.4. The highest BCUT2D eigenvalue weighted by molar-refractivity contribution is 6.25. The molecule has 8 heteroatoms. The molecule has 0 saturated carbocycles. The van der Waals surface area contributed by atoms with Crippen LogP contribution in [0.2, 0.25) is 0 Å². The predicted octanol–water partition coefficient (Wildman–Crippen LogP) is 3.30. The van der Waals surface area contributed by atoms with Gasteiger partial charge in [-0.15, -0.1) is 0 Å². The van der Waals surface area contributed by atoms with E-state index in [2.05, 4.69) is 29.5 Å². The number of hydrogen-bond donors (Lipinski definition) is 1. The maximum absolute atomic E-state index is 13.0. The highest BCUT2D eigenvalue weighted by Crippen LogP contribution is 2.32. The van der Waals surface area contributed by atoms with Crippen molar-refractivity contribution in [1.82, 2.24) is 5.01 Å². The van der Waals surface area contributed by atoms with E-state index >= 15 is 0 Å². The Bertz CT molecular complexity index is 1030. The van der Waals surface area contributed by atoms with Crippen LogP contribution in [0.4, 0.5) is 11.4 Å². The van der Waals surface area contributed by atoms with E-state index in [4.69, 9.17) is 0 Å². The molecular formula is C23H25N5O3. The Morgan fingerprint density at radius 2 is 1.71 bits per heavy atom. The number of hydrogen-bond acceptors (Lipinski definition) is 6. The molecule has 0 aliphatic carbocycles. The lowest BCUT2D eigenvalue weighted by molar-refractivity contribution is -0.123. The van der Waals surface area contributed by atoms with Crippen molar-refractivity contribution < 1.29 is 14.4 Å². The van der Waals surface area contributed by atoms with Crippen molar-refractivity contribution >= 4 is 29.1 Å². The lowest BCUT2D eigenvalue weighted by Crippen LogP contribution is -2.43. The Labute approximate surface area is 180 Å². The van der Waals surface area contributed by atoms with Crippen LogP contribution in [-0.4, -0.2) is 41.4 Å². The minimum absolute atomic E-state index is 0.168. The zero-order chi connectivity index (χ0) is 22.1. The first-order chi connectivity index (χ1) is 14.9. The largest absolute Gasteiger partial charge is 0.324 e. The number of carbonyl (C=O) groups is 3. The smallest absolute Gasteiger partial charge is 0.263 e. The SMILES string of the molecule is CCc1ccc(N2C(=O)[C@H]3N=NN(CC(=O)Nc4ccc(C(C)C)cc4)[C@H]3C2=O)cc1. The molecular weight excluding hydrogens is 394 g/mol. The van der Waals surface area contributed by atoms with Crippen molar-refractivity contribution in [2.45, 2.75) is 45.2 Å². The van der Waals surface area contributed by atoms with Crippen LogP contribution < -0.4 is 10.2 Å². The summed E-state index contributed by atoms with van der Waals surface area (Å²) in [6.07, 6.45) is 0.866. The minimum atomic E-state index is -0.920. The number of rotatable bonds is 6. The molecule has 0 aromatic heterocycles. The summed E-state index contributed by atoms with van der Waals surface area (Å²) in [6, 6.07) is 13.1. The van der Waals surface area contributed by atoms with Crippen molar-refractivity contribution in [3.05, 3.63) is 59.7 Å². The second-order valence-corrected chi connectivity index (χ2v) is 8.05. The summed E-state index contributed by atoms with van der Waals surface area (Å²) in [7, 11) is 0. The minimum Gasteiger partial charge on any atom is -0.324 e. The van der Waals surface area contributed by atoms with Crippen molar-refractivity contribution in [2.24, 2.45) is 10.3 Å². The fourth-order valence-corrected chi connectivity index (χ4v) is 3.79. The van der Waals surface area contributed by atoms with Gasteiger partial charge >= 0.3 is 0 Å². The fourth-order valence-electron chi connectivity index (χ4n) is 3.79. The van der Waals surface area contributed by atoms with Gasteiger partial charge in [0.1, 0.15) is 6.54 Å². The van der Waals surface area contributed by atoms with Gasteiger partial charge in [-0.2, -0.15) is 5.11 Å². The van der Waals surface area contributed by atoms with Gasteiger partial charge in [-0.3, -0.25) is 19.4 Å². The van der Waals surface area contributed by atoms with E-state index < -0.39 is 23.9 Å². The second-order valence-electron chi connectivity index (χ2n) is 8.05. The van der Waals surface area contributed by atoms with Gasteiger partial charge in [-0.25, -0.2) is 4.90 Å². The molecule has 31 heavy (non-hydrogen) atoms. The van der Waals surface area contributed by atoms with Crippen molar-refractivity contribution in [3.63, 3.8) is 0 Å². The molecule has 160 valence electrons. The van der Waals surface area contributed by atoms with Crippen LogP contribution in [0.1, 0.15) is 37.8 Å². The average molecular weight is 419 g/mol. The third kappa shape index (κ3) is 3.93. The number of imide groups is 1. The van der Waals surface area contributed by atoms with Gasteiger partial charge in [0.05, 0.1) is 5.69 Å². The zero-order valence-electron chi connectivity index (χ0n) is 17.8. The molecule has 4 rings (SSSR count). The first-order valence-electron chi connectivity index (χ1n) is 10.4. The number of benzene rings is 2. The number of nitrogens with one attached hydrogen (secondary N) is 1. The van der Waals surface area contributed by atoms with Crippen LogP contribution >= 0.6 is 0 Å². The second kappa shape index (κ2) is 8.29. The van der Waals surface area contributed by atoms with E-state index in [9.17, 15) is 14.4 Å². The Balaban J connectivity index is 1.44. The van der Waals surface area contributed by atoms with Crippen LogP contribution in [0, 0.1) is 0 Å². The van der Waals surface area contributed by atoms with Gasteiger partial charge in [0.15, 0.2) is 12.1 Å². The lowest BCUT2D eigenvalue weighted by atomic mass is 10.0. The van der Waals surface area contributed by atoms with Crippen molar-refractivity contribution in [3.8, 4) is 0 Å². The molecule has 2 heterocycles. The van der Waals surface area contributed by atoms with Crippen LogP contribution in [-0.2, 0) is 20.8 Å². The van der Waals surface area contributed by atoms with Gasteiger partial charge in [0, 0.05) is 5.69 Å². The van der Waals surface area contributed by atoms with Gasteiger partial charge in [0.25, 0.3) is 11.8 Å². The topological polar surface area (TPSA) is 94.4 Å². The molecule has 1 N–H and O–H groups in total. The first kappa shape index (κ1) is 20.7. The third-order valence-electron chi connectivity index (χ3n) is 5.63. The maximum atomic E-state index is 13.0. The number of amides is 3. The molecule has 8 nitrogen and oxygen atoms in total. The highest BCUT2D eigenvalue weighted by Gasteiger charge is 2.55. The fraction of sp³-hybridized carbons (Fsp3) is 0.348. The van der Waals surface area contributed by atoms with E-state index in [1.165, 1.54) is 10.6 Å². The van der Waals surface area contributed by atoms with Gasteiger partial charge in [0.2, 0.25) is 5.91 Å². The van der Waals surface area contributed by atoms with Crippen LogP contribution in [0.25, 0.3) is 0 Å². The summed E-state index contributed by atoms with van der Waals surface area (Å²) in [5.74, 6) is -0.768.